The Bertz CT molecular complexity index is 745. The minimum Gasteiger partial charge on any atom is -0.207 e. The van der Waals surface area contributed by atoms with Crippen molar-refractivity contribution in [2.45, 2.75) is 17.9 Å². The topological polar surface area (TPSA) is 70.0 Å². The first-order chi connectivity index (χ1) is 9.42. The van der Waals surface area contributed by atoms with E-state index in [-0.39, 0.29) is 10.9 Å². The van der Waals surface area contributed by atoms with Crippen molar-refractivity contribution in [3.8, 4) is 6.07 Å². The van der Waals surface area contributed by atoms with E-state index in [4.69, 9.17) is 16.9 Å². The van der Waals surface area contributed by atoms with Gasteiger partial charge >= 0.3 is 0 Å². The Morgan fingerprint density at radius 1 is 1.25 bits per heavy atom. The minimum atomic E-state index is -3.62. The lowest BCUT2D eigenvalue weighted by Crippen LogP contribution is -2.26. The molecule has 0 aliphatic rings. The van der Waals surface area contributed by atoms with Crippen molar-refractivity contribution in [2.75, 3.05) is 0 Å². The van der Waals surface area contributed by atoms with Crippen LogP contribution in [0.25, 0.3) is 0 Å². The molecule has 0 saturated carbocycles. The second-order valence-corrected chi connectivity index (χ2v) is 7.58. The van der Waals surface area contributed by atoms with Crippen LogP contribution in [-0.4, -0.2) is 8.42 Å². The molecule has 0 spiro atoms. The Hall–Kier alpha value is -1.39. The summed E-state index contributed by atoms with van der Waals surface area (Å²) >= 11 is 7.17. The molecular formula is C13H11ClN2O2S2. The van der Waals surface area contributed by atoms with E-state index in [1.165, 1.54) is 35.6 Å². The zero-order valence-electron chi connectivity index (χ0n) is 10.5. The molecule has 7 heteroatoms. The van der Waals surface area contributed by atoms with Gasteiger partial charge in [0.25, 0.3) is 0 Å². The van der Waals surface area contributed by atoms with E-state index >= 15 is 0 Å². The highest BCUT2D eigenvalue weighted by molar-refractivity contribution is 7.89. The molecule has 0 amide bonds. The summed E-state index contributed by atoms with van der Waals surface area (Å²) in [6.45, 7) is 1.75. The smallest absolute Gasteiger partial charge is 0.207 e. The number of nitriles is 1. The lowest BCUT2D eigenvalue weighted by Gasteiger charge is -2.12. The molecule has 1 aromatic heterocycles. The average Bonchev–Trinajstić information content (AvgIpc) is 2.85. The van der Waals surface area contributed by atoms with Gasteiger partial charge in [-0.15, -0.1) is 11.3 Å². The largest absolute Gasteiger partial charge is 0.241 e. The SMILES string of the molecule is CC(NS(=O)(=O)c1ccc(C#N)cc1)c1ccc(Cl)s1. The average molecular weight is 327 g/mol. The Morgan fingerprint density at radius 3 is 2.40 bits per heavy atom. The summed E-state index contributed by atoms with van der Waals surface area (Å²) in [7, 11) is -3.62. The first-order valence-corrected chi connectivity index (χ1v) is 8.38. The highest BCUT2D eigenvalue weighted by atomic mass is 35.5. The van der Waals surface area contributed by atoms with Gasteiger partial charge in [-0.05, 0) is 43.3 Å². The summed E-state index contributed by atoms with van der Waals surface area (Å²) in [5.41, 5.74) is 0.419. The third kappa shape index (κ3) is 3.38. The van der Waals surface area contributed by atoms with Crippen LogP contribution in [0.15, 0.2) is 41.3 Å². The van der Waals surface area contributed by atoms with Crippen LogP contribution in [0.3, 0.4) is 0 Å². The number of nitrogens with one attached hydrogen (secondary N) is 1. The summed E-state index contributed by atoms with van der Waals surface area (Å²) < 4.78 is 27.6. The summed E-state index contributed by atoms with van der Waals surface area (Å²) in [5.74, 6) is 0. The maximum absolute atomic E-state index is 12.2. The van der Waals surface area contributed by atoms with Gasteiger partial charge in [0.2, 0.25) is 10.0 Å². The fourth-order valence-electron chi connectivity index (χ4n) is 1.63. The highest BCUT2D eigenvalue weighted by Crippen LogP contribution is 2.27. The molecule has 104 valence electrons. The third-order valence-corrected chi connectivity index (χ3v) is 5.62. The molecule has 4 nitrogen and oxygen atoms in total. The van der Waals surface area contributed by atoms with Crippen LogP contribution in [0.4, 0.5) is 0 Å². The van der Waals surface area contributed by atoms with Gasteiger partial charge in [0.15, 0.2) is 0 Å². The van der Waals surface area contributed by atoms with Gasteiger partial charge in [0.05, 0.1) is 26.9 Å². The molecule has 0 radical (unpaired) electrons. The monoisotopic (exact) mass is 326 g/mol. The van der Waals surface area contributed by atoms with E-state index in [0.29, 0.717) is 9.90 Å². The van der Waals surface area contributed by atoms with Crippen LogP contribution in [0.1, 0.15) is 23.4 Å². The predicted molar refractivity (Wildman–Crippen MR) is 79.2 cm³/mol. The molecule has 1 heterocycles. The molecule has 0 saturated heterocycles. The molecular weight excluding hydrogens is 316 g/mol. The highest BCUT2D eigenvalue weighted by Gasteiger charge is 2.19. The quantitative estimate of drug-likeness (QED) is 0.937. The van der Waals surface area contributed by atoms with Crippen LogP contribution in [-0.2, 0) is 10.0 Å². The number of nitrogens with zero attached hydrogens (tertiary/aromatic N) is 1. The summed E-state index contributed by atoms with van der Waals surface area (Å²) in [4.78, 5) is 0.971. The fraction of sp³-hybridized carbons (Fsp3) is 0.154. The molecule has 1 unspecified atom stereocenters. The van der Waals surface area contributed by atoms with Crippen molar-refractivity contribution in [2.24, 2.45) is 0 Å². The molecule has 1 atom stereocenters. The van der Waals surface area contributed by atoms with Crippen LogP contribution in [0.2, 0.25) is 4.34 Å². The third-order valence-electron chi connectivity index (χ3n) is 2.65. The fourth-order valence-corrected chi connectivity index (χ4v) is 3.99. The van der Waals surface area contributed by atoms with Crippen LogP contribution >= 0.6 is 22.9 Å². The van der Waals surface area contributed by atoms with Gasteiger partial charge in [-0.1, -0.05) is 11.6 Å². The standard InChI is InChI=1S/C13H11ClN2O2S2/c1-9(12-6-7-13(14)19-12)16-20(17,18)11-4-2-10(8-15)3-5-11/h2-7,9,16H,1H3. The Kier molecular flexibility index (Phi) is 4.45. The number of benzene rings is 1. The van der Waals surface area contributed by atoms with Crippen molar-refractivity contribution in [3.63, 3.8) is 0 Å². The maximum atomic E-state index is 12.2. The number of rotatable bonds is 4. The van der Waals surface area contributed by atoms with Crippen molar-refractivity contribution < 1.29 is 8.42 Å². The van der Waals surface area contributed by atoms with Crippen LogP contribution in [0, 0.1) is 11.3 Å². The maximum Gasteiger partial charge on any atom is 0.241 e. The Labute approximate surface area is 126 Å². The molecule has 20 heavy (non-hydrogen) atoms. The lowest BCUT2D eigenvalue weighted by atomic mass is 10.2. The molecule has 1 aromatic carbocycles. The molecule has 0 bridgehead atoms. The van der Waals surface area contributed by atoms with E-state index in [0.717, 1.165) is 4.88 Å². The van der Waals surface area contributed by atoms with E-state index in [2.05, 4.69) is 4.72 Å². The van der Waals surface area contributed by atoms with Crippen molar-refractivity contribution in [1.82, 2.24) is 4.72 Å². The van der Waals surface area contributed by atoms with Crippen molar-refractivity contribution in [3.05, 3.63) is 51.2 Å². The number of hydrogen-bond donors (Lipinski definition) is 1. The van der Waals surface area contributed by atoms with Gasteiger partial charge in [-0.3, -0.25) is 0 Å². The second kappa shape index (κ2) is 5.94. The zero-order valence-corrected chi connectivity index (χ0v) is 12.9. The van der Waals surface area contributed by atoms with E-state index in [9.17, 15) is 8.42 Å². The minimum absolute atomic E-state index is 0.131. The normalized spacial score (nSPS) is 12.8. The van der Waals surface area contributed by atoms with Gasteiger partial charge in [0.1, 0.15) is 0 Å². The van der Waals surface area contributed by atoms with E-state index < -0.39 is 10.0 Å². The van der Waals surface area contributed by atoms with Crippen LogP contribution < -0.4 is 4.72 Å². The zero-order chi connectivity index (χ0) is 14.8. The van der Waals surface area contributed by atoms with Gasteiger partial charge in [-0.2, -0.15) is 5.26 Å². The molecule has 0 aliphatic carbocycles. The van der Waals surface area contributed by atoms with Crippen molar-refractivity contribution in [1.29, 1.82) is 5.26 Å². The van der Waals surface area contributed by atoms with Crippen LogP contribution in [0.5, 0.6) is 0 Å². The van der Waals surface area contributed by atoms with Gasteiger partial charge < -0.3 is 0 Å². The second-order valence-electron chi connectivity index (χ2n) is 4.12. The summed E-state index contributed by atoms with van der Waals surface area (Å²) in [6, 6.07) is 10.9. The Morgan fingerprint density at radius 2 is 1.90 bits per heavy atom. The summed E-state index contributed by atoms with van der Waals surface area (Å²) in [6.07, 6.45) is 0. The molecule has 1 N–H and O–H groups in total. The Balaban J connectivity index is 2.20. The molecule has 0 fully saturated rings. The first kappa shape index (κ1) is 15.0. The lowest BCUT2D eigenvalue weighted by molar-refractivity contribution is 0.568. The number of halogens is 1. The van der Waals surface area contributed by atoms with Gasteiger partial charge in [0, 0.05) is 4.88 Å². The molecule has 2 rings (SSSR count). The van der Waals surface area contributed by atoms with Crippen molar-refractivity contribution >= 4 is 33.0 Å². The van der Waals surface area contributed by atoms with Gasteiger partial charge in [-0.25, -0.2) is 13.1 Å². The summed E-state index contributed by atoms with van der Waals surface area (Å²) in [5, 5.41) is 8.70. The predicted octanol–water partition coefficient (Wildman–Crippen LogP) is 3.31. The first-order valence-electron chi connectivity index (χ1n) is 5.70. The number of sulfonamides is 1. The number of thiophene rings is 1. The van der Waals surface area contributed by atoms with E-state index in [1.54, 1.807) is 19.1 Å². The number of hydrogen-bond acceptors (Lipinski definition) is 4. The molecule has 0 aliphatic heterocycles. The van der Waals surface area contributed by atoms with E-state index in [1.807, 2.05) is 6.07 Å². The molecule has 2 aromatic rings.